The average Bonchev–Trinajstić information content (AvgIpc) is 2.43. The maximum Gasteiger partial charge on any atom is -0.0101 e. The molecule has 2 rings (SSSR count). The van der Waals surface area contributed by atoms with E-state index in [2.05, 4.69) is 27.7 Å². The summed E-state index contributed by atoms with van der Waals surface area (Å²) in [5.41, 5.74) is 6.91. The van der Waals surface area contributed by atoms with Gasteiger partial charge in [0.1, 0.15) is 0 Å². The molecule has 0 aromatic carbocycles. The molecule has 0 fully saturated rings. The van der Waals surface area contributed by atoms with Crippen LogP contribution in [-0.2, 0) is 0 Å². The van der Waals surface area contributed by atoms with Crippen molar-refractivity contribution in [2.24, 2.45) is 11.8 Å². The largest absolute Gasteiger partial charge is 0.0769 e. The van der Waals surface area contributed by atoms with Crippen molar-refractivity contribution in [2.45, 2.75) is 59.8 Å². The van der Waals surface area contributed by atoms with E-state index in [4.69, 9.17) is 0 Å². The first-order valence-electron chi connectivity index (χ1n) is 6.46. The molecule has 0 heterocycles. The van der Waals surface area contributed by atoms with Gasteiger partial charge in [0, 0.05) is 0 Å². The molecule has 0 heteroatoms. The van der Waals surface area contributed by atoms with E-state index in [-0.39, 0.29) is 0 Å². The lowest BCUT2D eigenvalue weighted by Crippen LogP contribution is -1.97. The van der Waals surface area contributed by atoms with Gasteiger partial charge in [-0.05, 0) is 57.8 Å². The van der Waals surface area contributed by atoms with Crippen molar-refractivity contribution in [3.05, 3.63) is 22.3 Å². The molecule has 0 radical (unpaired) electrons. The second-order valence-electron chi connectivity index (χ2n) is 5.71. The predicted molar refractivity (Wildman–Crippen MR) is 66.8 cm³/mol. The van der Waals surface area contributed by atoms with Crippen molar-refractivity contribution >= 4 is 0 Å². The molecule has 0 spiro atoms. The van der Waals surface area contributed by atoms with Gasteiger partial charge >= 0.3 is 0 Å². The molecular formula is C15H24. The van der Waals surface area contributed by atoms with Crippen LogP contribution in [0.4, 0.5) is 0 Å². The zero-order chi connectivity index (χ0) is 11.0. The lowest BCUT2D eigenvalue weighted by Gasteiger charge is -2.12. The van der Waals surface area contributed by atoms with Gasteiger partial charge in [0.2, 0.25) is 0 Å². The molecule has 2 aliphatic carbocycles. The van der Waals surface area contributed by atoms with Crippen LogP contribution in [0.3, 0.4) is 0 Å². The molecule has 0 aromatic heterocycles. The van der Waals surface area contributed by atoms with Crippen molar-refractivity contribution in [2.75, 3.05) is 0 Å². The molecule has 0 nitrogen and oxygen atoms in total. The minimum atomic E-state index is 0.849. The summed E-state index contributed by atoms with van der Waals surface area (Å²) in [6.07, 6.45) is 6.80. The first kappa shape index (κ1) is 11.0. The van der Waals surface area contributed by atoms with E-state index in [1.165, 1.54) is 32.1 Å². The average molecular weight is 204 g/mol. The van der Waals surface area contributed by atoms with Crippen molar-refractivity contribution in [3.8, 4) is 0 Å². The molecule has 2 atom stereocenters. The molecule has 84 valence electrons. The Morgan fingerprint density at radius 1 is 0.933 bits per heavy atom. The van der Waals surface area contributed by atoms with Gasteiger partial charge in [0.25, 0.3) is 0 Å². The summed E-state index contributed by atoms with van der Waals surface area (Å²) in [7, 11) is 0. The fourth-order valence-corrected chi connectivity index (χ4v) is 3.18. The molecule has 2 aliphatic rings. The van der Waals surface area contributed by atoms with Crippen LogP contribution in [0.5, 0.6) is 0 Å². The van der Waals surface area contributed by atoms with Crippen molar-refractivity contribution in [1.82, 2.24) is 0 Å². The summed E-state index contributed by atoms with van der Waals surface area (Å²) in [6.45, 7) is 9.42. The van der Waals surface area contributed by atoms with Crippen molar-refractivity contribution in [3.63, 3.8) is 0 Å². The van der Waals surface area contributed by atoms with Gasteiger partial charge in [0.05, 0.1) is 0 Å². The highest BCUT2D eigenvalue weighted by Crippen LogP contribution is 2.44. The van der Waals surface area contributed by atoms with Crippen LogP contribution in [-0.4, -0.2) is 0 Å². The second kappa shape index (κ2) is 4.15. The topological polar surface area (TPSA) is 0 Å². The predicted octanol–water partition coefficient (Wildman–Crippen LogP) is 4.87. The van der Waals surface area contributed by atoms with Gasteiger partial charge in [-0.2, -0.15) is 0 Å². The van der Waals surface area contributed by atoms with Gasteiger partial charge < -0.3 is 0 Å². The standard InChI is InChI=1S/C15H24/c1-10(2)13-7-5-11(3)14-8-6-12(4)15(14)9-13/h11-12H,5-9H2,1-4H3/t11-,12+/m1/s1. The van der Waals surface area contributed by atoms with Crippen molar-refractivity contribution < 1.29 is 0 Å². The summed E-state index contributed by atoms with van der Waals surface area (Å²) in [6, 6.07) is 0. The van der Waals surface area contributed by atoms with Crippen LogP contribution < -0.4 is 0 Å². The Hall–Kier alpha value is -0.520. The number of hydrogen-bond donors (Lipinski definition) is 0. The SMILES string of the molecule is CC(C)=C1CC[C@@H](C)C2=C(C1)[C@@H](C)CC2. The lowest BCUT2D eigenvalue weighted by molar-refractivity contribution is 0.585. The summed E-state index contributed by atoms with van der Waals surface area (Å²) < 4.78 is 0. The first-order valence-corrected chi connectivity index (χ1v) is 6.46. The zero-order valence-corrected chi connectivity index (χ0v) is 10.7. The lowest BCUT2D eigenvalue weighted by atomic mass is 9.94. The molecule has 0 aromatic rings. The maximum atomic E-state index is 2.43. The van der Waals surface area contributed by atoms with Crippen LogP contribution in [0.15, 0.2) is 22.3 Å². The normalized spacial score (nSPS) is 31.6. The van der Waals surface area contributed by atoms with E-state index >= 15 is 0 Å². The Bertz CT molecular complexity index is 313. The number of allylic oxidation sites excluding steroid dienone is 4. The molecular weight excluding hydrogens is 180 g/mol. The fourth-order valence-electron chi connectivity index (χ4n) is 3.18. The van der Waals surface area contributed by atoms with Crippen LogP contribution in [0.1, 0.15) is 59.8 Å². The van der Waals surface area contributed by atoms with E-state index in [1.54, 1.807) is 16.7 Å². The Morgan fingerprint density at radius 2 is 1.53 bits per heavy atom. The van der Waals surface area contributed by atoms with Gasteiger partial charge in [0.15, 0.2) is 0 Å². The number of hydrogen-bond acceptors (Lipinski definition) is 0. The maximum absolute atomic E-state index is 2.43. The Balaban J connectivity index is 2.32. The monoisotopic (exact) mass is 204 g/mol. The zero-order valence-electron chi connectivity index (χ0n) is 10.7. The summed E-state index contributed by atoms with van der Waals surface area (Å²) >= 11 is 0. The van der Waals surface area contributed by atoms with Crippen LogP contribution in [0.25, 0.3) is 0 Å². The minimum Gasteiger partial charge on any atom is -0.0769 e. The molecule has 0 bridgehead atoms. The van der Waals surface area contributed by atoms with Gasteiger partial charge in [-0.25, -0.2) is 0 Å². The summed E-state index contributed by atoms with van der Waals surface area (Å²) in [4.78, 5) is 0. The van der Waals surface area contributed by atoms with E-state index in [0.717, 1.165) is 11.8 Å². The highest BCUT2D eigenvalue weighted by atomic mass is 14.3. The van der Waals surface area contributed by atoms with E-state index in [1.807, 2.05) is 5.57 Å². The highest BCUT2D eigenvalue weighted by molar-refractivity contribution is 5.32. The third kappa shape index (κ3) is 2.04. The highest BCUT2D eigenvalue weighted by Gasteiger charge is 2.28. The summed E-state index contributed by atoms with van der Waals surface area (Å²) in [5, 5.41) is 0. The molecule has 0 amide bonds. The van der Waals surface area contributed by atoms with Crippen LogP contribution >= 0.6 is 0 Å². The second-order valence-corrected chi connectivity index (χ2v) is 5.71. The van der Waals surface area contributed by atoms with Gasteiger partial charge in [-0.15, -0.1) is 0 Å². The fraction of sp³-hybridized carbons (Fsp3) is 0.733. The molecule has 0 saturated carbocycles. The summed E-state index contributed by atoms with van der Waals surface area (Å²) in [5.74, 6) is 1.71. The van der Waals surface area contributed by atoms with E-state index < -0.39 is 0 Å². The third-order valence-electron chi connectivity index (χ3n) is 4.44. The quantitative estimate of drug-likeness (QED) is 0.494. The third-order valence-corrected chi connectivity index (χ3v) is 4.44. The Kier molecular flexibility index (Phi) is 3.04. The molecule has 0 saturated heterocycles. The Labute approximate surface area is 94.5 Å². The molecule has 15 heavy (non-hydrogen) atoms. The van der Waals surface area contributed by atoms with E-state index in [9.17, 15) is 0 Å². The van der Waals surface area contributed by atoms with Crippen LogP contribution in [0, 0.1) is 11.8 Å². The smallest absolute Gasteiger partial charge is 0.0101 e. The van der Waals surface area contributed by atoms with Crippen LogP contribution in [0.2, 0.25) is 0 Å². The van der Waals surface area contributed by atoms with E-state index in [0.29, 0.717) is 0 Å². The minimum absolute atomic E-state index is 0.849. The molecule has 0 N–H and O–H groups in total. The molecule has 0 unspecified atom stereocenters. The number of rotatable bonds is 0. The van der Waals surface area contributed by atoms with Crippen molar-refractivity contribution in [1.29, 1.82) is 0 Å². The van der Waals surface area contributed by atoms with Gasteiger partial charge in [-0.3, -0.25) is 0 Å². The van der Waals surface area contributed by atoms with Gasteiger partial charge in [-0.1, -0.05) is 36.1 Å². The first-order chi connectivity index (χ1) is 7.09. The molecule has 0 aliphatic heterocycles. The Morgan fingerprint density at radius 3 is 2.20 bits per heavy atom.